The maximum atomic E-state index is 12.9. The fraction of sp³-hybridized carbons (Fsp3) is 0.333. The van der Waals surface area contributed by atoms with Gasteiger partial charge in [-0.3, -0.25) is 9.59 Å². The van der Waals surface area contributed by atoms with Crippen molar-refractivity contribution in [2.45, 2.75) is 46.1 Å². The summed E-state index contributed by atoms with van der Waals surface area (Å²) in [6.45, 7) is 8.81. The number of fused-ring (bicyclic) bond motifs is 1. The highest BCUT2D eigenvalue weighted by Gasteiger charge is 2.27. The van der Waals surface area contributed by atoms with Crippen molar-refractivity contribution < 1.29 is 29.0 Å². The first-order valence-electron chi connectivity index (χ1n) is 14.0. The number of hydrogen-bond acceptors (Lipinski definition) is 5. The number of amides is 3. The van der Waals surface area contributed by atoms with E-state index in [0.717, 1.165) is 29.2 Å². The van der Waals surface area contributed by atoms with Crippen LogP contribution in [0.15, 0.2) is 66.7 Å². The number of allylic oxidation sites excluding steroid dienone is 1. The maximum Gasteiger partial charge on any atom is 0.410 e. The minimum atomic E-state index is -1.22. The summed E-state index contributed by atoms with van der Waals surface area (Å²) in [6, 6.07) is 17.9. The predicted octanol–water partition coefficient (Wildman–Crippen LogP) is 5.96. The molecule has 1 saturated heterocycles. The first-order chi connectivity index (χ1) is 19.9. The van der Waals surface area contributed by atoms with Crippen LogP contribution in [-0.4, -0.2) is 59.1 Å². The van der Waals surface area contributed by atoms with Gasteiger partial charge in [0.05, 0.1) is 11.3 Å². The Morgan fingerprint density at radius 1 is 0.952 bits per heavy atom. The molecule has 0 bridgehead atoms. The lowest BCUT2D eigenvalue weighted by Gasteiger charge is -2.33. The molecule has 9 heteroatoms. The summed E-state index contributed by atoms with van der Waals surface area (Å²) < 4.78 is 5.43. The second-order valence-corrected chi connectivity index (χ2v) is 11.6. The second kappa shape index (κ2) is 12.9. The van der Waals surface area contributed by atoms with Crippen LogP contribution in [0.5, 0.6) is 0 Å². The van der Waals surface area contributed by atoms with E-state index in [0.29, 0.717) is 25.2 Å². The van der Waals surface area contributed by atoms with Crippen LogP contribution in [0.1, 0.15) is 66.8 Å². The zero-order valence-electron chi connectivity index (χ0n) is 24.4. The van der Waals surface area contributed by atoms with Gasteiger partial charge in [-0.2, -0.15) is 0 Å². The van der Waals surface area contributed by atoms with Crippen LogP contribution in [0.2, 0.25) is 0 Å². The highest BCUT2D eigenvalue weighted by molar-refractivity contribution is 6.08. The molecule has 0 saturated carbocycles. The monoisotopic (exact) mass is 571 g/mol. The van der Waals surface area contributed by atoms with Gasteiger partial charge in [0, 0.05) is 31.3 Å². The van der Waals surface area contributed by atoms with E-state index < -0.39 is 17.5 Å². The van der Waals surface area contributed by atoms with E-state index in [2.05, 4.69) is 10.6 Å². The van der Waals surface area contributed by atoms with Crippen LogP contribution < -0.4 is 10.6 Å². The van der Waals surface area contributed by atoms with E-state index in [9.17, 15) is 24.3 Å². The summed E-state index contributed by atoms with van der Waals surface area (Å²) in [6.07, 6.45) is 2.52. The highest BCUT2D eigenvalue weighted by Crippen LogP contribution is 2.23. The highest BCUT2D eigenvalue weighted by atomic mass is 16.6. The average Bonchev–Trinajstić information content (AvgIpc) is 2.94. The van der Waals surface area contributed by atoms with E-state index in [1.54, 1.807) is 4.90 Å². The molecule has 3 aromatic rings. The van der Waals surface area contributed by atoms with Crippen molar-refractivity contribution in [3.63, 3.8) is 0 Å². The van der Waals surface area contributed by atoms with Crippen molar-refractivity contribution >= 4 is 45.9 Å². The summed E-state index contributed by atoms with van der Waals surface area (Å²) in [5.74, 6) is -1.91. The molecule has 1 fully saturated rings. The van der Waals surface area contributed by atoms with Crippen molar-refractivity contribution in [1.29, 1.82) is 0 Å². The molecular formula is C33H37N3O6. The molecule has 42 heavy (non-hydrogen) atoms. The fourth-order valence-corrected chi connectivity index (χ4v) is 4.84. The number of carboxylic acids is 1. The van der Waals surface area contributed by atoms with Crippen LogP contribution in [0, 0.1) is 5.92 Å². The number of rotatable bonds is 7. The number of hydrogen-bond donors (Lipinski definition) is 3. The van der Waals surface area contributed by atoms with Crippen LogP contribution in [-0.2, 0) is 9.53 Å². The third-order valence-corrected chi connectivity index (χ3v) is 7.14. The summed E-state index contributed by atoms with van der Waals surface area (Å²) >= 11 is 0. The Balaban J connectivity index is 1.38. The van der Waals surface area contributed by atoms with Gasteiger partial charge in [0.15, 0.2) is 0 Å². The third-order valence-electron chi connectivity index (χ3n) is 7.14. The first-order valence-corrected chi connectivity index (χ1v) is 14.0. The Bertz CT molecular complexity index is 1530. The number of ether oxygens (including phenoxy) is 1. The largest absolute Gasteiger partial charge is 0.478 e. The Hall–Kier alpha value is -4.66. The smallest absolute Gasteiger partial charge is 0.410 e. The lowest BCUT2D eigenvalue weighted by molar-refractivity contribution is -0.111. The number of nitrogens with zero attached hydrogens (tertiary/aromatic N) is 1. The molecular weight excluding hydrogens is 534 g/mol. The van der Waals surface area contributed by atoms with E-state index in [4.69, 9.17) is 4.74 Å². The molecule has 3 amide bonds. The summed E-state index contributed by atoms with van der Waals surface area (Å²) in [7, 11) is 0. The van der Waals surface area contributed by atoms with Crippen molar-refractivity contribution in [3.05, 3.63) is 83.4 Å². The van der Waals surface area contributed by atoms with E-state index >= 15 is 0 Å². The average molecular weight is 572 g/mol. The molecule has 0 spiro atoms. The standard InChI is InChI=1S/C33H37N3O6/c1-21(24-10-9-23-7-5-6-8-25(23)18-24)17-29(37)35-28-19-26(11-12-27(28)31(39)40)30(38)34-20-22-13-15-36(16-14-22)32(41)42-33(2,3)4/h5-12,17-19,22H,13-16,20H2,1-4H3,(H,34,38)(H,35,37)(H,39,40)/b21-17-. The van der Waals surface area contributed by atoms with Crippen molar-refractivity contribution in [1.82, 2.24) is 10.2 Å². The van der Waals surface area contributed by atoms with Crippen LogP contribution in [0.3, 0.4) is 0 Å². The molecule has 0 aliphatic carbocycles. The molecule has 3 aromatic carbocycles. The molecule has 220 valence electrons. The molecule has 0 radical (unpaired) electrons. The fourth-order valence-electron chi connectivity index (χ4n) is 4.84. The molecule has 1 aliphatic heterocycles. The number of likely N-dealkylation sites (tertiary alicyclic amines) is 1. The Morgan fingerprint density at radius 2 is 1.62 bits per heavy atom. The molecule has 9 nitrogen and oxygen atoms in total. The Morgan fingerprint density at radius 3 is 2.29 bits per heavy atom. The van der Waals surface area contributed by atoms with Gasteiger partial charge in [-0.25, -0.2) is 9.59 Å². The summed E-state index contributed by atoms with van der Waals surface area (Å²) in [5.41, 5.74) is 1.17. The Kier molecular flexibility index (Phi) is 9.30. The second-order valence-electron chi connectivity index (χ2n) is 11.6. The molecule has 1 aliphatic rings. The van der Waals surface area contributed by atoms with Gasteiger partial charge in [0.2, 0.25) is 5.91 Å². The maximum absolute atomic E-state index is 12.9. The van der Waals surface area contributed by atoms with Gasteiger partial charge in [-0.15, -0.1) is 0 Å². The van der Waals surface area contributed by atoms with E-state index in [1.807, 2.05) is 70.2 Å². The number of carbonyl (C=O) groups is 4. The summed E-state index contributed by atoms with van der Waals surface area (Å²) in [5, 5.41) is 17.3. The SMILES string of the molecule is C/C(=C/C(=O)Nc1cc(C(=O)NCC2CCN(C(=O)OC(C)(C)C)CC2)ccc1C(=O)O)c1ccc2ccccc2c1. The molecule has 0 unspecified atom stereocenters. The van der Waals surface area contributed by atoms with Crippen molar-refractivity contribution in [2.24, 2.45) is 5.92 Å². The lowest BCUT2D eigenvalue weighted by atomic mass is 9.97. The van der Waals surface area contributed by atoms with E-state index in [1.165, 1.54) is 24.3 Å². The number of carboxylic acid groups (broad SMARTS) is 1. The zero-order valence-corrected chi connectivity index (χ0v) is 24.4. The molecule has 4 rings (SSSR count). The minimum absolute atomic E-state index is 0.0355. The van der Waals surface area contributed by atoms with Gasteiger partial charge < -0.3 is 25.4 Å². The summed E-state index contributed by atoms with van der Waals surface area (Å²) in [4.78, 5) is 51.6. The molecule has 0 aromatic heterocycles. The number of aromatic carboxylic acids is 1. The van der Waals surface area contributed by atoms with Gasteiger partial charge in [-0.1, -0.05) is 36.4 Å². The van der Waals surface area contributed by atoms with Crippen LogP contribution in [0.4, 0.5) is 10.5 Å². The number of anilines is 1. The van der Waals surface area contributed by atoms with Crippen LogP contribution >= 0.6 is 0 Å². The van der Waals surface area contributed by atoms with Gasteiger partial charge in [0.1, 0.15) is 5.60 Å². The topological polar surface area (TPSA) is 125 Å². The molecule has 0 atom stereocenters. The van der Waals surface area contributed by atoms with Gasteiger partial charge >= 0.3 is 12.1 Å². The lowest BCUT2D eigenvalue weighted by Crippen LogP contribution is -2.43. The molecule has 1 heterocycles. The minimum Gasteiger partial charge on any atom is -0.478 e. The quantitative estimate of drug-likeness (QED) is 0.301. The predicted molar refractivity (Wildman–Crippen MR) is 162 cm³/mol. The number of nitrogens with one attached hydrogen (secondary N) is 2. The Labute approximate surface area is 245 Å². The van der Waals surface area contributed by atoms with Crippen LogP contribution in [0.25, 0.3) is 16.3 Å². The number of piperidine rings is 1. The van der Waals surface area contributed by atoms with Gasteiger partial charge in [0.25, 0.3) is 5.91 Å². The third kappa shape index (κ3) is 7.96. The van der Waals surface area contributed by atoms with Crippen molar-refractivity contribution in [2.75, 3.05) is 25.0 Å². The van der Waals surface area contributed by atoms with Crippen molar-refractivity contribution in [3.8, 4) is 0 Å². The molecule has 3 N–H and O–H groups in total. The normalized spacial score (nSPS) is 14.4. The van der Waals surface area contributed by atoms with E-state index in [-0.39, 0.29) is 34.7 Å². The first kappa shape index (κ1) is 30.3. The van der Waals surface area contributed by atoms with Gasteiger partial charge in [-0.05, 0) is 92.6 Å². The number of benzene rings is 3. The number of carbonyl (C=O) groups excluding carboxylic acids is 3. The zero-order chi connectivity index (χ0) is 30.4.